The van der Waals surface area contributed by atoms with Crippen molar-refractivity contribution >= 4 is 15.9 Å². The van der Waals surface area contributed by atoms with E-state index in [2.05, 4.69) is 44.9 Å². The fraction of sp³-hybridized carbons (Fsp3) is 0.769. The summed E-state index contributed by atoms with van der Waals surface area (Å²) in [4.78, 5) is 0. The first-order valence-corrected chi connectivity index (χ1v) is 7.51. The second-order valence-corrected chi connectivity index (χ2v) is 5.66. The summed E-state index contributed by atoms with van der Waals surface area (Å²) in [5, 5.41) is 8.10. The third-order valence-electron chi connectivity index (χ3n) is 3.60. The normalized spacial score (nSPS) is 24.4. The molecule has 1 fully saturated rings. The van der Waals surface area contributed by atoms with Gasteiger partial charge in [-0.15, -0.1) is 0 Å². The van der Waals surface area contributed by atoms with Gasteiger partial charge in [-0.3, -0.25) is 4.68 Å². The van der Waals surface area contributed by atoms with Crippen LogP contribution < -0.4 is 5.32 Å². The summed E-state index contributed by atoms with van der Waals surface area (Å²) in [5.41, 5.74) is 1.40. The zero-order valence-electron chi connectivity index (χ0n) is 10.7. The van der Waals surface area contributed by atoms with Gasteiger partial charge in [-0.2, -0.15) is 5.10 Å². The van der Waals surface area contributed by atoms with Crippen molar-refractivity contribution in [2.45, 2.75) is 58.0 Å². The van der Waals surface area contributed by atoms with Gasteiger partial charge < -0.3 is 5.32 Å². The number of rotatable bonds is 5. The van der Waals surface area contributed by atoms with Gasteiger partial charge in [0, 0.05) is 18.5 Å². The molecule has 17 heavy (non-hydrogen) atoms. The second-order valence-electron chi connectivity index (χ2n) is 4.80. The summed E-state index contributed by atoms with van der Waals surface area (Å²) in [6.07, 6.45) is 6.99. The van der Waals surface area contributed by atoms with Crippen molar-refractivity contribution < 1.29 is 0 Å². The fourth-order valence-corrected chi connectivity index (χ4v) is 3.51. The number of nitrogens with zero attached hydrogens (tertiary/aromatic N) is 2. The van der Waals surface area contributed by atoms with Crippen LogP contribution in [-0.4, -0.2) is 22.4 Å². The summed E-state index contributed by atoms with van der Waals surface area (Å²) in [6, 6.07) is 0.628. The number of aryl methyl sites for hydroxylation is 1. The van der Waals surface area contributed by atoms with Crippen molar-refractivity contribution in [2.24, 2.45) is 0 Å². The summed E-state index contributed by atoms with van der Waals surface area (Å²) >= 11 is 3.66. The third-order valence-corrected chi connectivity index (χ3v) is 4.21. The van der Waals surface area contributed by atoms with Crippen molar-refractivity contribution in [3.05, 3.63) is 16.4 Å². The summed E-state index contributed by atoms with van der Waals surface area (Å²) < 4.78 is 3.37. The van der Waals surface area contributed by atoms with E-state index in [1.165, 1.54) is 29.4 Å². The van der Waals surface area contributed by atoms with Crippen LogP contribution in [0.2, 0.25) is 0 Å². The van der Waals surface area contributed by atoms with Gasteiger partial charge >= 0.3 is 0 Å². The predicted octanol–water partition coefficient (Wildman–Crippen LogP) is 3.30. The molecular weight excluding hydrogens is 278 g/mol. The first-order chi connectivity index (χ1) is 8.27. The highest BCUT2D eigenvalue weighted by Crippen LogP contribution is 2.38. The van der Waals surface area contributed by atoms with Crippen LogP contribution in [0, 0.1) is 0 Å². The Morgan fingerprint density at radius 1 is 1.47 bits per heavy atom. The van der Waals surface area contributed by atoms with Crippen molar-refractivity contribution in [1.29, 1.82) is 0 Å². The average Bonchev–Trinajstić information content (AvgIpc) is 2.87. The summed E-state index contributed by atoms with van der Waals surface area (Å²) in [5.74, 6) is 0.623. The number of likely N-dealkylation sites (N-methyl/N-ethyl adjacent to an activating group) is 1. The Morgan fingerprint density at radius 3 is 3.00 bits per heavy atom. The Hall–Kier alpha value is -0.350. The molecule has 0 aromatic carbocycles. The molecule has 4 heteroatoms. The van der Waals surface area contributed by atoms with Gasteiger partial charge in [0.15, 0.2) is 0 Å². The topological polar surface area (TPSA) is 29.9 Å². The standard InChI is InChI=1S/C13H22BrN3/c1-3-8-17-13(11(14)9-16-17)10-6-5-7-12(10)15-4-2/h9-10,12,15H,3-8H2,1-2H3. The maximum absolute atomic E-state index is 4.49. The van der Waals surface area contributed by atoms with Crippen LogP contribution in [0.1, 0.15) is 51.1 Å². The fourth-order valence-electron chi connectivity index (χ4n) is 2.92. The highest BCUT2D eigenvalue weighted by Gasteiger charge is 2.31. The zero-order chi connectivity index (χ0) is 12.3. The molecule has 0 bridgehead atoms. The monoisotopic (exact) mass is 299 g/mol. The minimum atomic E-state index is 0.623. The third kappa shape index (κ3) is 2.74. The molecule has 1 heterocycles. The Balaban J connectivity index is 2.22. The van der Waals surface area contributed by atoms with E-state index in [0.717, 1.165) is 19.5 Å². The van der Waals surface area contributed by atoms with Crippen LogP contribution >= 0.6 is 15.9 Å². The van der Waals surface area contributed by atoms with Crippen LogP contribution in [-0.2, 0) is 6.54 Å². The van der Waals surface area contributed by atoms with Gasteiger partial charge in [-0.05, 0) is 41.7 Å². The van der Waals surface area contributed by atoms with Gasteiger partial charge in [0.2, 0.25) is 0 Å². The molecule has 1 aromatic rings. The molecular formula is C13H22BrN3. The Bertz CT molecular complexity index is 362. The quantitative estimate of drug-likeness (QED) is 0.904. The van der Waals surface area contributed by atoms with Crippen LogP contribution in [0.4, 0.5) is 0 Å². The van der Waals surface area contributed by atoms with E-state index in [1.807, 2.05) is 6.20 Å². The molecule has 3 nitrogen and oxygen atoms in total. The molecule has 1 aliphatic rings. The first-order valence-electron chi connectivity index (χ1n) is 6.72. The minimum Gasteiger partial charge on any atom is -0.314 e. The molecule has 1 saturated carbocycles. The van der Waals surface area contributed by atoms with Crippen molar-refractivity contribution in [1.82, 2.24) is 15.1 Å². The predicted molar refractivity (Wildman–Crippen MR) is 74.3 cm³/mol. The molecule has 2 unspecified atom stereocenters. The molecule has 0 saturated heterocycles. The maximum Gasteiger partial charge on any atom is 0.0635 e. The van der Waals surface area contributed by atoms with Crippen LogP contribution in [0.25, 0.3) is 0 Å². The van der Waals surface area contributed by atoms with Crippen LogP contribution in [0.5, 0.6) is 0 Å². The Labute approximate surface area is 112 Å². The molecule has 2 rings (SSSR count). The van der Waals surface area contributed by atoms with E-state index < -0.39 is 0 Å². The van der Waals surface area contributed by atoms with Crippen LogP contribution in [0.15, 0.2) is 10.7 Å². The lowest BCUT2D eigenvalue weighted by Gasteiger charge is -2.22. The van der Waals surface area contributed by atoms with E-state index in [-0.39, 0.29) is 0 Å². The van der Waals surface area contributed by atoms with Gasteiger partial charge in [0.25, 0.3) is 0 Å². The lowest BCUT2D eigenvalue weighted by molar-refractivity contribution is 0.454. The maximum atomic E-state index is 4.49. The number of hydrogen-bond donors (Lipinski definition) is 1. The number of nitrogens with one attached hydrogen (secondary N) is 1. The molecule has 0 amide bonds. The average molecular weight is 300 g/mol. The molecule has 1 N–H and O–H groups in total. The lowest BCUT2D eigenvalue weighted by atomic mass is 9.99. The highest BCUT2D eigenvalue weighted by molar-refractivity contribution is 9.10. The molecule has 1 aromatic heterocycles. The molecule has 0 spiro atoms. The van der Waals surface area contributed by atoms with E-state index in [1.54, 1.807) is 0 Å². The molecule has 1 aliphatic carbocycles. The van der Waals surface area contributed by atoms with Gasteiger partial charge in [0.1, 0.15) is 0 Å². The van der Waals surface area contributed by atoms with Crippen molar-refractivity contribution in [2.75, 3.05) is 6.54 Å². The molecule has 0 aliphatic heterocycles. The summed E-state index contributed by atoms with van der Waals surface area (Å²) in [6.45, 7) is 6.47. The molecule has 0 radical (unpaired) electrons. The van der Waals surface area contributed by atoms with Gasteiger partial charge in [0.05, 0.1) is 16.4 Å². The lowest BCUT2D eigenvalue weighted by Crippen LogP contribution is -2.32. The first kappa shape index (κ1) is 13.1. The Morgan fingerprint density at radius 2 is 2.29 bits per heavy atom. The van der Waals surface area contributed by atoms with E-state index >= 15 is 0 Å². The van der Waals surface area contributed by atoms with E-state index in [9.17, 15) is 0 Å². The number of halogens is 1. The highest BCUT2D eigenvalue weighted by atomic mass is 79.9. The van der Waals surface area contributed by atoms with Gasteiger partial charge in [-0.25, -0.2) is 0 Å². The van der Waals surface area contributed by atoms with E-state index in [4.69, 9.17) is 0 Å². The summed E-state index contributed by atoms with van der Waals surface area (Å²) in [7, 11) is 0. The molecule has 96 valence electrons. The smallest absolute Gasteiger partial charge is 0.0635 e. The van der Waals surface area contributed by atoms with Crippen molar-refractivity contribution in [3.63, 3.8) is 0 Å². The largest absolute Gasteiger partial charge is 0.314 e. The zero-order valence-corrected chi connectivity index (χ0v) is 12.3. The SMILES string of the molecule is CCCn1ncc(Br)c1C1CCCC1NCC. The second kappa shape index (κ2) is 6.01. The number of aromatic nitrogens is 2. The van der Waals surface area contributed by atoms with Crippen molar-refractivity contribution in [3.8, 4) is 0 Å². The Kier molecular flexibility index (Phi) is 4.62. The van der Waals surface area contributed by atoms with E-state index in [0.29, 0.717) is 12.0 Å². The minimum absolute atomic E-state index is 0.623. The number of hydrogen-bond acceptors (Lipinski definition) is 2. The van der Waals surface area contributed by atoms with Gasteiger partial charge in [-0.1, -0.05) is 20.3 Å². The molecule has 2 atom stereocenters. The van der Waals surface area contributed by atoms with Crippen LogP contribution in [0.3, 0.4) is 0 Å².